The van der Waals surface area contributed by atoms with Crippen LogP contribution in [0.1, 0.15) is 58.8 Å². The summed E-state index contributed by atoms with van der Waals surface area (Å²) < 4.78 is 14.3. The minimum absolute atomic E-state index is 0.00350. The lowest BCUT2D eigenvalue weighted by Crippen LogP contribution is -2.52. The Hall–Kier alpha value is -0.410. The fourth-order valence-corrected chi connectivity index (χ4v) is 6.65. The van der Waals surface area contributed by atoms with Crippen LogP contribution in [0.3, 0.4) is 0 Å². The molecule has 22 heavy (non-hydrogen) atoms. The van der Waals surface area contributed by atoms with Gasteiger partial charge in [-0.1, -0.05) is 25.5 Å². The van der Waals surface area contributed by atoms with Gasteiger partial charge in [0.25, 0.3) is 0 Å². The van der Waals surface area contributed by atoms with Crippen LogP contribution >= 0.6 is 0 Å². The SMILES string of the molecule is C[C@]12CC[C@H]3[C@@H](CC=C4C[C@@H](O)CC[C@@]43C)[C@@H]1C[C@@H](F)[C@H]2N. The molecule has 0 aromatic carbocycles. The lowest BCUT2D eigenvalue weighted by atomic mass is 9.48. The first-order valence-electron chi connectivity index (χ1n) is 9.13. The lowest BCUT2D eigenvalue weighted by Gasteiger charge is -2.57. The van der Waals surface area contributed by atoms with Crippen molar-refractivity contribution < 1.29 is 9.50 Å². The van der Waals surface area contributed by atoms with Crippen molar-refractivity contribution in [1.82, 2.24) is 0 Å². The van der Waals surface area contributed by atoms with E-state index < -0.39 is 6.17 Å². The summed E-state index contributed by atoms with van der Waals surface area (Å²) in [6.07, 6.45) is 8.29. The normalized spacial score (nSPS) is 57.6. The van der Waals surface area contributed by atoms with Crippen LogP contribution in [0, 0.1) is 28.6 Å². The second kappa shape index (κ2) is 4.80. The first-order chi connectivity index (χ1) is 10.4. The predicted molar refractivity (Wildman–Crippen MR) is 86.0 cm³/mol. The van der Waals surface area contributed by atoms with Crippen LogP contribution in [0.2, 0.25) is 0 Å². The van der Waals surface area contributed by atoms with Gasteiger partial charge in [0.2, 0.25) is 0 Å². The second-order valence-electron chi connectivity index (χ2n) is 8.98. The number of hydrogen-bond acceptors (Lipinski definition) is 2. The summed E-state index contributed by atoms with van der Waals surface area (Å²) in [7, 11) is 0. The van der Waals surface area contributed by atoms with Gasteiger partial charge in [0.1, 0.15) is 6.17 Å². The molecule has 0 bridgehead atoms. The Kier molecular flexibility index (Phi) is 3.30. The van der Waals surface area contributed by atoms with Gasteiger partial charge in [-0.05, 0) is 73.5 Å². The van der Waals surface area contributed by atoms with E-state index in [1.165, 1.54) is 12.0 Å². The maximum atomic E-state index is 14.3. The third-order valence-corrected chi connectivity index (χ3v) is 8.15. The number of allylic oxidation sites excluding steroid dienone is 1. The molecule has 0 aliphatic heterocycles. The average Bonchev–Trinajstić information content (AvgIpc) is 2.72. The van der Waals surface area contributed by atoms with E-state index in [0.29, 0.717) is 24.2 Å². The molecule has 4 aliphatic carbocycles. The van der Waals surface area contributed by atoms with Gasteiger partial charge in [-0.15, -0.1) is 0 Å². The van der Waals surface area contributed by atoms with Crippen LogP contribution in [-0.4, -0.2) is 23.4 Å². The molecule has 0 amide bonds. The molecule has 0 spiro atoms. The molecule has 3 saturated carbocycles. The molecule has 0 heterocycles. The predicted octanol–water partition coefficient (Wildman–Crippen LogP) is 3.59. The van der Waals surface area contributed by atoms with Gasteiger partial charge in [0.15, 0.2) is 0 Å². The van der Waals surface area contributed by atoms with Crippen molar-refractivity contribution in [1.29, 1.82) is 0 Å². The van der Waals surface area contributed by atoms with Crippen molar-refractivity contribution in [2.45, 2.75) is 77.1 Å². The van der Waals surface area contributed by atoms with Crippen LogP contribution in [-0.2, 0) is 0 Å². The summed E-state index contributed by atoms with van der Waals surface area (Å²) in [6, 6.07) is -0.273. The minimum atomic E-state index is -0.819. The smallest absolute Gasteiger partial charge is 0.116 e. The summed E-state index contributed by atoms with van der Waals surface area (Å²) >= 11 is 0. The zero-order chi connectivity index (χ0) is 15.7. The molecule has 4 rings (SSSR count). The Morgan fingerprint density at radius 1 is 1.23 bits per heavy atom. The van der Waals surface area contributed by atoms with E-state index in [2.05, 4.69) is 19.9 Å². The van der Waals surface area contributed by atoms with Gasteiger partial charge in [0, 0.05) is 6.04 Å². The maximum Gasteiger partial charge on any atom is 0.116 e. The zero-order valence-electron chi connectivity index (χ0n) is 13.9. The molecule has 2 nitrogen and oxygen atoms in total. The Morgan fingerprint density at radius 3 is 2.77 bits per heavy atom. The van der Waals surface area contributed by atoms with E-state index in [9.17, 15) is 9.50 Å². The summed E-state index contributed by atoms with van der Waals surface area (Å²) in [5.74, 6) is 1.70. The van der Waals surface area contributed by atoms with Crippen LogP contribution in [0.25, 0.3) is 0 Å². The van der Waals surface area contributed by atoms with E-state index in [1.54, 1.807) is 0 Å². The van der Waals surface area contributed by atoms with Crippen LogP contribution in [0.5, 0.6) is 0 Å². The number of nitrogens with two attached hydrogens (primary N) is 1. The van der Waals surface area contributed by atoms with Crippen molar-refractivity contribution in [3.05, 3.63) is 11.6 Å². The zero-order valence-corrected chi connectivity index (χ0v) is 13.9. The highest BCUT2D eigenvalue weighted by atomic mass is 19.1. The Balaban J connectivity index is 1.68. The molecule has 0 aromatic heterocycles. The summed E-state index contributed by atoms with van der Waals surface area (Å²) in [4.78, 5) is 0. The molecule has 0 radical (unpaired) electrons. The summed E-state index contributed by atoms with van der Waals surface area (Å²) in [6.45, 7) is 4.65. The number of alkyl halides is 1. The second-order valence-corrected chi connectivity index (χ2v) is 8.98. The van der Waals surface area contributed by atoms with E-state index in [4.69, 9.17) is 5.73 Å². The number of hydrogen-bond donors (Lipinski definition) is 2. The summed E-state index contributed by atoms with van der Waals surface area (Å²) in [5.41, 5.74) is 7.96. The summed E-state index contributed by atoms with van der Waals surface area (Å²) in [5, 5.41) is 10.0. The van der Waals surface area contributed by atoms with Gasteiger partial charge in [0.05, 0.1) is 6.10 Å². The standard InChI is InChI=1S/C19H30FNO/c1-18-7-5-12(22)9-11(18)3-4-13-14(18)6-8-19(2)15(13)10-16(20)17(19)21/h3,12-17,22H,4-10,21H2,1-2H3/t12-,13+,14-,15-,16+,17+,18-,19-/m0/s1. The highest BCUT2D eigenvalue weighted by Gasteiger charge is 2.60. The molecule has 3 N–H and O–H groups in total. The quantitative estimate of drug-likeness (QED) is 0.672. The van der Waals surface area contributed by atoms with Crippen molar-refractivity contribution in [2.24, 2.45) is 34.3 Å². The molecular weight excluding hydrogens is 277 g/mol. The van der Waals surface area contributed by atoms with Gasteiger partial charge in [-0.3, -0.25) is 0 Å². The molecule has 0 saturated heterocycles. The van der Waals surface area contributed by atoms with Crippen LogP contribution < -0.4 is 5.73 Å². The molecule has 0 aromatic rings. The van der Waals surface area contributed by atoms with Crippen molar-refractivity contribution >= 4 is 0 Å². The van der Waals surface area contributed by atoms with Crippen molar-refractivity contribution in [3.63, 3.8) is 0 Å². The van der Waals surface area contributed by atoms with Crippen molar-refractivity contribution in [2.75, 3.05) is 0 Å². The monoisotopic (exact) mass is 307 g/mol. The number of aliphatic hydroxyl groups excluding tert-OH is 1. The maximum absolute atomic E-state index is 14.3. The third kappa shape index (κ3) is 1.84. The fraction of sp³-hybridized carbons (Fsp3) is 0.895. The lowest BCUT2D eigenvalue weighted by molar-refractivity contribution is -0.0402. The minimum Gasteiger partial charge on any atom is -0.393 e. The van der Waals surface area contributed by atoms with Gasteiger partial charge >= 0.3 is 0 Å². The van der Waals surface area contributed by atoms with Crippen LogP contribution in [0.4, 0.5) is 4.39 Å². The Bertz CT molecular complexity index is 506. The number of halogens is 1. The highest BCUT2D eigenvalue weighted by Crippen LogP contribution is 2.64. The molecule has 124 valence electrons. The topological polar surface area (TPSA) is 46.2 Å². The van der Waals surface area contributed by atoms with E-state index in [1.807, 2.05) is 0 Å². The van der Waals surface area contributed by atoms with Crippen molar-refractivity contribution in [3.8, 4) is 0 Å². The highest BCUT2D eigenvalue weighted by molar-refractivity contribution is 5.25. The van der Waals surface area contributed by atoms with Crippen LogP contribution in [0.15, 0.2) is 11.6 Å². The first kappa shape index (κ1) is 15.1. The number of fused-ring (bicyclic) bond motifs is 5. The van der Waals surface area contributed by atoms with E-state index in [-0.39, 0.29) is 23.0 Å². The molecule has 3 heteroatoms. The molecule has 4 aliphatic rings. The first-order valence-corrected chi connectivity index (χ1v) is 9.13. The van der Waals surface area contributed by atoms with Gasteiger partial charge in [-0.2, -0.15) is 0 Å². The Morgan fingerprint density at radius 2 is 2.00 bits per heavy atom. The van der Waals surface area contributed by atoms with E-state index in [0.717, 1.165) is 32.1 Å². The molecule has 3 fully saturated rings. The number of rotatable bonds is 0. The largest absolute Gasteiger partial charge is 0.393 e. The number of aliphatic hydroxyl groups is 1. The molecular formula is C19H30FNO. The van der Waals surface area contributed by atoms with Gasteiger partial charge < -0.3 is 10.8 Å². The Labute approximate surface area is 133 Å². The molecule has 8 atom stereocenters. The van der Waals surface area contributed by atoms with Gasteiger partial charge in [-0.25, -0.2) is 4.39 Å². The fourth-order valence-electron chi connectivity index (χ4n) is 6.65. The molecule has 0 unspecified atom stereocenters. The average molecular weight is 307 g/mol. The third-order valence-electron chi connectivity index (χ3n) is 8.15. The van der Waals surface area contributed by atoms with E-state index >= 15 is 0 Å².